The van der Waals surface area contributed by atoms with Gasteiger partial charge in [0.15, 0.2) is 0 Å². The number of thiophene rings is 2. The van der Waals surface area contributed by atoms with Crippen LogP contribution in [0.25, 0.3) is 20.2 Å². The molecule has 6 rings (SSSR count). The normalized spacial score (nSPS) is 13.6. The zero-order valence-corrected chi connectivity index (χ0v) is 27.3. The van der Waals surface area contributed by atoms with E-state index in [9.17, 15) is 14.0 Å². The molecule has 9 nitrogen and oxygen atoms in total. The minimum Gasteiger partial charge on any atom is -0.465 e. The molecule has 0 saturated carbocycles. The van der Waals surface area contributed by atoms with E-state index in [1.54, 1.807) is 18.3 Å². The molecule has 4 heterocycles. The largest absolute Gasteiger partial charge is 0.465 e. The fraction of sp³-hybridized carbons (Fsp3) is 0.214. The van der Waals surface area contributed by atoms with E-state index in [-0.39, 0.29) is 11.8 Å². The number of hydrogen-bond donors (Lipinski definition) is 2. The predicted octanol–water partition coefficient (Wildman–Crippen LogP) is 6.83. The lowest BCUT2D eigenvalue weighted by Crippen LogP contribution is -2.18. The van der Waals surface area contributed by atoms with E-state index in [0.717, 1.165) is 38.9 Å². The summed E-state index contributed by atoms with van der Waals surface area (Å²) in [7, 11) is 2.70. The number of nitrogen functional groups attached to an aromatic ring is 1. The van der Waals surface area contributed by atoms with Crippen LogP contribution in [0.3, 0.4) is 0 Å². The highest BCUT2D eigenvalue weighted by Crippen LogP contribution is 2.31. The molecule has 1 aliphatic heterocycles. The summed E-state index contributed by atoms with van der Waals surface area (Å²) in [6.07, 6.45) is 4.09. The maximum absolute atomic E-state index is 13.5. The fourth-order valence-corrected chi connectivity index (χ4v) is 6.47. The van der Waals surface area contributed by atoms with Gasteiger partial charge in [0.2, 0.25) is 0 Å². The van der Waals surface area contributed by atoms with Crippen molar-refractivity contribution in [3.8, 4) is 0 Å². The number of nitrogens with two attached hydrogens (primary N) is 2. The quantitative estimate of drug-likeness (QED) is 0.186. The number of ether oxygens (including phenoxy) is 3. The van der Waals surface area contributed by atoms with Gasteiger partial charge in [-0.05, 0) is 54.3 Å². The lowest BCUT2D eigenvalue weighted by Gasteiger charge is -1.92. The molecule has 1 saturated heterocycles. The highest BCUT2D eigenvalue weighted by atomic mass is 79.9. The van der Waals surface area contributed by atoms with Gasteiger partial charge in [0.05, 0.1) is 38.9 Å². The molecule has 0 aliphatic carbocycles. The Morgan fingerprint density at radius 3 is 2.14 bits per heavy atom. The van der Waals surface area contributed by atoms with Crippen LogP contribution in [0.4, 0.5) is 10.1 Å². The number of fused-ring (bicyclic) bond motifs is 2. The van der Waals surface area contributed by atoms with Crippen LogP contribution in [-0.2, 0) is 14.2 Å². The Morgan fingerprint density at radius 2 is 1.62 bits per heavy atom. The van der Waals surface area contributed by atoms with E-state index < -0.39 is 5.97 Å². The minimum absolute atomic E-state index is 0.276. The maximum Gasteiger partial charge on any atom is 0.348 e. The van der Waals surface area contributed by atoms with Crippen molar-refractivity contribution in [1.82, 2.24) is 10.2 Å². The molecule has 1 atom stereocenters. The number of halogens is 3. The lowest BCUT2D eigenvalue weighted by atomic mass is 10.2. The maximum atomic E-state index is 13.5. The summed E-state index contributed by atoms with van der Waals surface area (Å²) in [5, 5.41) is 8.54. The van der Waals surface area contributed by atoms with Crippen molar-refractivity contribution in [3.05, 3.63) is 85.4 Å². The third-order valence-corrected chi connectivity index (χ3v) is 8.47. The van der Waals surface area contributed by atoms with Gasteiger partial charge in [0.1, 0.15) is 15.6 Å². The molecule has 14 heteroatoms. The summed E-state index contributed by atoms with van der Waals surface area (Å²) >= 11 is 9.24. The molecule has 0 bridgehead atoms. The van der Waals surface area contributed by atoms with Crippen LogP contribution >= 0.6 is 54.5 Å². The molecule has 0 spiro atoms. The lowest BCUT2D eigenvalue weighted by molar-refractivity contribution is 0.0597. The van der Waals surface area contributed by atoms with Gasteiger partial charge < -0.3 is 25.7 Å². The topological polar surface area (TPSA) is 140 Å². The average molecular weight is 742 g/mol. The number of carbonyl (C=O) groups excluding carboxylic acids is 2. The van der Waals surface area contributed by atoms with Crippen LogP contribution in [-0.4, -0.2) is 55.6 Å². The Bertz CT molecular complexity index is 1630. The number of aromatic nitrogens is 2. The Morgan fingerprint density at radius 1 is 0.952 bits per heavy atom. The molecule has 1 unspecified atom stereocenters. The number of esters is 2. The zero-order chi connectivity index (χ0) is 30.6. The van der Waals surface area contributed by atoms with Gasteiger partial charge in [-0.3, -0.25) is 0 Å². The van der Waals surface area contributed by atoms with Gasteiger partial charge in [-0.15, -0.1) is 22.7 Å². The summed E-state index contributed by atoms with van der Waals surface area (Å²) in [4.78, 5) is 23.5. The summed E-state index contributed by atoms with van der Waals surface area (Å²) in [5.74, 6) is -1.06. The molecule has 2 aromatic carbocycles. The smallest absolute Gasteiger partial charge is 0.348 e. The summed E-state index contributed by atoms with van der Waals surface area (Å²) in [5.41, 5.74) is 11.3. The molecule has 222 valence electrons. The van der Waals surface area contributed by atoms with Crippen LogP contribution in [0.2, 0.25) is 0 Å². The van der Waals surface area contributed by atoms with E-state index in [0.29, 0.717) is 31.3 Å². The van der Waals surface area contributed by atoms with Crippen molar-refractivity contribution in [1.29, 1.82) is 0 Å². The molecular formula is C28H27Br2FN4O5S2. The summed E-state index contributed by atoms with van der Waals surface area (Å²) in [6, 6.07) is 14.4. The van der Waals surface area contributed by atoms with Crippen molar-refractivity contribution in [2.45, 2.75) is 12.5 Å². The number of nitrogens with zero attached hydrogens (tertiary/aromatic N) is 2. The first-order chi connectivity index (χ1) is 20.1. The van der Waals surface area contributed by atoms with Crippen LogP contribution < -0.4 is 11.5 Å². The fourth-order valence-electron chi connectivity index (χ4n) is 3.33. The predicted molar refractivity (Wildman–Crippen MR) is 172 cm³/mol. The van der Waals surface area contributed by atoms with E-state index >= 15 is 0 Å². The van der Waals surface area contributed by atoms with Gasteiger partial charge in [0.25, 0.3) is 0 Å². The summed E-state index contributed by atoms with van der Waals surface area (Å²) < 4.78 is 31.1. The number of anilines is 1. The third-order valence-electron chi connectivity index (χ3n) is 5.38. The molecule has 0 amide bonds. The van der Waals surface area contributed by atoms with Crippen LogP contribution in [0, 0.1) is 5.82 Å². The Balaban J connectivity index is 0.000000164. The van der Waals surface area contributed by atoms with E-state index in [2.05, 4.69) is 51.5 Å². The first-order valence-corrected chi connectivity index (χ1v) is 15.4. The molecule has 1 aliphatic rings. The summed E-state index contributed by atoms with van der Waals surface area (Å²) in [6.45, 7) is 1.63. The van der Waals surface area contributed by atoms with Crippen molar-refractivity contribution in [2.75, 3.05) is 33.2 Å². The van der Waals surface area contributed by atoms with Crippen molar-refractivity contribution < 1.29 is 28.2 Å². The van der Waals surface area contributed by atoms with Crippen LogP contribution in [0.5, 0.6) is 0 Å². The number of methoxy groups -OCH3 is 2. The van der Waals surface area contributed by atoms with E-state index in [1.165, 1.54) is 55.2 Å². The van der Waals surface area contributed by atoms with Gasteiger partial charge in [-0.2, -0.15) is 10.2 Å². The second-order valence-corrected chi connectivity index (χ2v) is 12.5. The highest BCUT2D eigenvalue weighted by Gasteiger charge is 2.13. The third kappa shape index (κ3) is 10.1. The number of benzene rings is 2. The zero-order valence-electron chi connectivity index (χ0n) is 22.5. The SMILES string of the molecule is COC(=O)c1cc2c(F)cc(Br)cc2s1.COC(=O)c1cc2ccc(Br)cc2s1.NC1CCOC1.Nc1ccnnc1. The molecule has 0 radical (unpaired) electrons. The monoisotopic (exact) mass is 740 g/mol. The van der Waals surface area contributed by atoms with Gasteiger partial charge in [-0.1, -0.05) is 37.9 Å². The standard InChI is InChI=1S/C10H6BrFO2S.C10H7BrO2S.C4H5N3.C4H9NO/c1-14-10(13)9-4-6-7(12)2-5(11)3-8(6)15-9;1-13-10(12)9-4-6-2-3-7(11)5-8(6)14-9;5-4-1-2-6-7-3-4;5-4-1-2-6-3-4/h2-4H,1H3;2-5H,1H3;1-3H,(H2,5,6);4H,1-3,5H2. The second kappa shape index (κ2) is 16.6. The van der Waals surface area contributed by atoms with E-state index in [1.807, 2.05) is 24.3 Å². The first kappa shape index (κ1) is 33.5. The van der Waals surface area contributed by atoms with Crippen LogP contribution in [0.1, 0.15) is 25.8 Å². The molecule has 3 aromatic heterocycles. The number of carbonyl (C=O) groups is 2. The first-order valence-electron chi connectivity index (χ1n) is 12.2. The molecular weight excluding hydrogens is 715 g/mol. The Labute approximate surface area is 266 Å². The molecule has 42 heavy (non-hydrogen) atoms. The minimum atomic E-state index is -0.438. The van der Waals surface area contributed by atoms with Gasteiger partial charge >= 0.3 is 11.9 Å². The average Bonchev–Trinajstić information content (AvgIpc) is 3.73. The number of hydrogen-bond acceptors (Lipinski definition) is 11. The van der Waals surface area contributed by atoms with E-state index in [4.69, 9.17) is 16.2 Å². The number of rotatable bonds is 2. The Kier molecular flexibility index (Phi) is 13.2. The Hall–Kier alpha value is -3.01. The van der Waals surface area contributed by atoms with Gasteiger partial charge in [-0.25, -0.2) is 14.0 Å². The van der Waals surface area contributed by atoms with Crippen molar-refractivity contribution in [3.63, 3.8) is 0 Å². The molecule has 5 aromatic rings. The van der Waals surface area contributed by atoms with Crippen molar-refractivity contribution in [2.24, 2.45) is 5.73 Å². The van der Waals surface area contributed by atoms with Gasteiger partial charge in [0, 0.05) is 36.4 Å². The highest BCUT2D eigenvalue weighted by molar-refractivity contribution is 9.10. The van der Waals surface area contributed by atoms with Crippen LogP contribution in [0.15, 0.2) is 69.9 Å². The molecule has 1 fully saturated rings. The molecule has 4 N–H and O–H groups in total. The second-order valence-electron chi connectivity index (χ2n) is 8.49. The van der Waals surface area contributed by atoms with Crippen molar-refractivity contribution >= 4 is 92.3 Å².